The largest absolute Gasteiger partial charge is 0.314 e. The number of amides is 1. The van der Waals surface area contributed by atoms with Crippen LogP contribution >= 0.6 is 34.8 Å². The molecular weight excluding hydrogens is 503 g/mol. The number of hydrogen-bond donors (Lipinski definition) is 0. The Morgan fingerprint density at radius 2 is 1.48 bits per heavy atom. The summed E-state index contributed by atoms with van der Waals surface area (Å²) < 4.78 is 28.1. The second-order valence-electron chi connectivity index (χ2n) is 7.65. The maximum atomic E-state index is 13.5. The summed E-state index contributed by atoms with van der Waals surface area (Å²) in [7, 11) is -2.45. The average molecular weight is 526 g/mol. The van der Waals surface area contributed by atoms with Gasteiger partial charge in [0, 0.05) is 39.9 Å². The van der Waals surface area contributed by atoms with Gasteiger partial charge in [-0.2, -0.15) is 4.31 Å². The molecule has 0 unspecified atom stereocenters. The molecule has 0 saturated heterocycles. The fourth-order valence-corrected chi connectivity index (χ4v) is 5.18. The predicted molar refractivity (Wildman–Crippen MR) is 135 cm³/mol. The Labute approximate surface area is 209 Å². The molecule has 33 heavy (non-hydrogen) atoms. The monoisotopic (exact) mass is 524 g/mol. The summed E-state index contributed by atoms with van der Waals surface area (Å²) in [6, 6.07) is 16.3. The zero-order chi connectivity index (χ0) is 24.3. The number of halogens is 3. The molecule has 0 spiro atoms. The van der Waals surface area contributed by atoms with E-state index in [1.165, 1.54) is 29.2 Å². The molecule has 0 bridgehead atoms. The number of carbonyl (C=O) groups is 1. The minimum atomic E-state index is -4.07. The summed E-state index contributed by atoms with van der Waals surface area (Å²) in [5, 5.41) is 1.03. The van der Waals surface area contributed by atoms with Crippen molar-refractivity contribution < 1.29 is 13.2 Å². The van der Waals surface area contributed by atoms with E-state index in [2.05, 4.69) is 0 Å². The average Bonchev–Trinajstić information content (AvgIpc) is 2.77. The van der Waals surface area contributed by atoms with Gasteiger partial charge < -0.3 is 4.90 Å². The summed E-state index contributed by atoms with van der Waals surface area (Å²) >= 11 is 18.5. The van der Waals surface area contributed by atoms with E-state index < -0.39 is 22.5 Å². The maximum Gasteiger partial charge on any atom is 0.243 e. The number of benzene rings is 3. The van der Waals surface area contributed by atoms with E-state index in [0.717, 1.165) is 15.4 Å². The number of sulfonamides is 1. The third kappa shape index (κ3) is 5.89. The highest BCUT2D eigenvalue weighted by Crippen LogP contribution is 2.29. The normalized spacial score (nSPS) is 11.6. The zero-order valence-electron chi connectivity index (χ0n) is 18.3. The highest BCUT2D eigenvalue weighted by Gasteiger charge is 2.29. The van der Waals surface area contributed by atoms with Crippen LogP contribution in [0.3, 0.4) is 0 Å². The molecule has 0 aliphatic rings. The number of nitrogens with zero attached hydrogens (tertiary/aromatic N) is 2. The Morgan fingerprint density at radius 1 is 0.879 bits per heavy atom. The molecule has 0 aliphatic heterocycles. The fraction of sp³-hybridized carbons (Fsp3) is 0.208. The molecule has 0 fully saturated rings. The van der Waals surface area contributed by atoms with Crippen LogP contribution in [0.4, 0.5) is 5.69 Å². The molecule has 9 heteroatoms. The third-order valence-corrected chi connectivity index (χ3v) is 8.18. The summed E-state index contributed by atoms with van der Waals surface area (Å²) in [6.45, 7) is 3.36. The highest BCUT2D eigenvalue weighted by atomic mass is 35.5. The molecule has 174 valence electrons. The maximum absolute atomic E-state index is 13.5. The number of carbonyl (C=O) groups excluding carboxylic acids is 1. The second-order valence-corrected chi connectivity index (χ2v) is 10.8. The molecular formula is C24H23Cl3N2O3S. The van der Waals surface area contributed by atoms with Crippen molar-refractivity contribution in [2.24, 2.45) is 0 Å². The van der Waals surface area contributed by atoms with E-state index in [-0.39, 0.29) is 11.4 Å². The first-order chi connectivity index (χ1) is 15.5. The van der Waals surface area contributed by atoms with Crippen LogP contribution in [0.25, 0.3) is 0 Å². The second kappa shape index (κ2) is 10.5. The summed E-state index contributed by atoms with van der Waals surface area (Å²) in [6.07, 6.45) is 0. The van der Waals surface area contributed by atoms with Crippen molar-refractivity contribution in [3.05, 3.63) is 92.4 Å². The molecule has 0 atom stereocenters. The van der Waals surface area contributed by atoms with Crippen molar-refractivity contribution in [3.63, 3.8) is 0 Å². The molecule has 0 radical (unpaired) electrons. The first kappa shape index (κ1) is 25.5. The van der Waals surface area contributed by atoms with Crippen molar-refractivity contribution >= 4 is 56.4 Å². The molecule has 0 heterocycles. The molecule has 0 saturated carbocycles. The molecule has 0 aliphatic carbocycles. The third-order valence-electron chi connectivity index (χ3n) is 5.41. The number of anilines is 1. The lowest BCUT2D eigenvalue weighted by Crippen LogP contribution is -2.41. The Kier molecular flexibility index (Phi) is 8.08. The van der Waals surface area contributed by atoms with Crippen LogP contribution < -0.4 is 4.90 Å². The van der Waals surface area contributed by atoms with Gasteiger partial charge in [0.05, 0.1) is 11.4 Å². The van der Waals surface area contributed by atoms with Gasteiger partial charge in [0.2, 0.25) is 15.9 Å². The molecule has 1 amide bonds. The lowest BCUT2D eigenvalue weighted by molar-refractivity contribution is -0.118. The van der Waals surface area contributed by atoms with Crippen LogP contribution in [-0.4, -0.2) is 32.2 Å². The zero-order valence-corrected chi connectivity index (χ0v) is 21.4. The minimum Gasteiger partial charge on any atom is -0.314 e. The molecule has 5 nitrogen and oxygen atoms in total. The lowest BCUT2D eigenvalue weighted by Gasteiger charge is -2.26. The Bertz CT molecular complexity index is 1260. The Balaban J connectivity index is 1.98. The van der Waals surface area contributed by atoms with Gasteiger partial charge in [-0.25, -0.2) is 8.42 Å². The van der Waals surface area contributed by atoms with Crippen molar-refractivity contribution in [2.45, 2.75) is 25.3 Å². The topological polar surface area (TPSA) is 57.7 Å². The Morgan fingerprint density at radius 3 is 2.06 bits per heavy atom. The molecule has 3 rings (SSSR count). The van der Waals surface area contributed by atoms with Crippen LogP contribution in [0.2, 0.25) is 15.1 Å². The van der Waals surface area contributed by atoms with Gasteiger partial charge in [-0.3, -0.25) is 4.79 Å². The van der Waals surface area contributed by atoms with E-state index in [9.17, 15) is 13.2 Å². The van der Waals surface area contributed by atoms with Gasteiger partial charge in [-0.15, -0.1) is 0 Å². The van der Waals surface area contributed by atoms with Gasteiger partial charge in [0.15, 0.2) is 0 Å². The van der Waals surface area contributed by atoms with Gasteiger partial charge >= 0.3 is 0 Å². The molecule has 0 aromatic heterocycles. The summed E-state index contributed by atoms with van der Waals surface area (Å²) in [4.78, 5) is 14.6. The van der Waals surface area contributed by atoms with E-state index in [1.54, 1.807) is 25.2 Å². The number of aryl methyl sites for hydroxylation is 2. The van der Waals surface area contributed by atoms with Gasteiger partial charge in [-0.1, -0.05) is 46.9 Å². The van der Waals surface area contributed by atoms with Crippen molar-refractivity contribution in [3.8, 4) is 0 Å². The van der Waals surface area contributed by atoms with E-state index in [4.69, 9.17) is 34.8 Å². The summed E-state index contributed by atoms with van der Waals surface area (Å²) in [5.74, 6) is -0.404. The number of likely N-dealkylation sites (N-methyl/N-ethyl adjacent to an activating group) is 1. The molecule has 0 N–H and O–H groups in total. The van der Waals surface area contributed by atoms with Crippen LogP contribution in [0.15, 0.2) is 65.6 Å². The SMILES string of the molecule is Cc1ccc(N(C)C(=O)CN(Cc2c(Cl)cccc2Cl)S(=O)(=O)c2ccc(Cl)cc2)cc1C. The van der Waals surface area contributed by atoms with Crippen LogP contribution in [-0.2, 0) is 21.4 Å². The van der Waals surface area contributed by atoms with E-state index >= 15 is 0 Å². The minimum absolute atomic E-state index is 0.0108. The van der Waals surface area contributed by atoms with Gasteiger partial charge in [0.25, 0.3) is 0 Å². The fourth-order valence-electron chi connectivity index (χ4n) is 3.18. The molecule has 3 aromatic carbocycles. The summed E-state index contributed by atoms with van der Waals surface area (Å²) in [5.41, 5.74) is 3.21. The van der Waals surface area contributed by atoms with Crippen molar-refractivity contribution in [1.29, 1.82) is 0 Å². The highest BCUT2D eigenvalue weighted by molar-refractivity contribution is 7.89. The van der Waals surface area contributed by atoms with Crippen LogP contribution in [0.1, 0.15) is 16.7 Å². The lowest BCUT2D eigenvalue weighted by atomic mass is 10.1. The number of hydrogen-bond acceptors (Lipinski definition) is 3. The predicted octanol–water partition coefficient (Wildman–Crippen LogP) is 6.12. The van der Waals surface area contributed by atoms with Crippen molar-refractivity contribution in [2.75, 3.05) is 18.5 Å². The van der Waals surface area contributed by atoms with Crippen LogP contribution in [0, 0.1) is 13.8 Å². The smallest absolute Gasteiger partial charge is 0.243 e. The molecule has 3 aromatic rings. The van der Waals surface area contributed by atoms with Crippen LogP contribution in [0.5, 0.6) is 0 Å². The van der Waals surface area contributed by atoms with Gasteiger partial charge in [0.1, 0.15) is 0 Å². The van der Waals surface area contributed by atoms with Gasteiger partial charge in [-0.05, 0) is 73.5 Å². The van der Waals surface area contributed by atoms with E-state index in [0.29, 0.717) is 26.3 Å². The Hall–Kier alpha value is -2.09. The van der Waals surface area contributed by atoms with E-state index in [1.807, 2.05) is 32.0 Å². The standard InChI is InChI=1S/C24H23Cl3N2O3S/c1-16-7-10-19(13-17(16)2)28(3)24(30)15-29(14-21-22(26)5-4-6-23(21)27)33(31,32)20-11-8-18(25)9-12-20/h4-13H,14-15H2,1-3H3. The quantitative estimate of drug-likeness (QED) is 0.373. The first-order valence-corrected chi connectivity index (χ1v) is 12.6. The number of rotatable bonds is 7. The van der Waals surface area contributed by atoms with Crippen molar-refractivity contribution in [1.82, 2.24) is 4.31 Å². The first-order valence-electron chi connectivity index (χ1n) is 10.0.